The molecule has 0 heterocycles. The van der Waals surface area contributed by atoms with Crippen LogP contribution < -0.4 is 4.74 Å². The molecule has 0 aliphatic heterocycles. The Bertz CT molecular complexity index is 745. The minimum atomic E-state index is -1.48. The molecule has 0 unspecified atom stereocenters. The van der Waals surface area contributed by atoms with E-state index >= 15 is 0 Å². The average Bonchev–Trinajstić information content (AvgIpc) is 2.89. The second kappa shape index (κ2) is 6.97. The van der Waals surface area contributed by atoms with Gasteiger partial charge in [0.2, 0.25) is 0 Å². The van der Waals surface area contributed by atoms with Crippen molar-refractivity contribution in [2.45, 2.75) is 65.0 Å². The van der Waals surface area contributed by atoms with Crippen LogP contribution in [0.3, 0.4) is 0 Å². The predicted molar refractivity (Wildman–Crippen MR) is 119 cm³/mol. The lowest BCUT2D eigenvalue weighted by Gasteiger charge is -2.26. The maximum absolute atomic E-state index is 5.31. The molecule has 0 bridgehead atoms. The summed E-state index contributed by atoms with van der Waals surface area (Å²) in [5, 5.41) is 3.28. The number of ether oxygens (including phenoxy) is 1. The molecule has 1 aromatic carbocycles. The Labute approximate surface area is 161 Å². The van der Waals surface area contributed by atoms with E-state index in [1.165, 1.54) is 31.4 Å². The summed E-state index contributed by atoms with van der Waals surface area (Å²) >= 11 is 0. The summed E-state index contributed by atoms with van der Waals surface area (Å²) in [7, 11) is -1.25. The Balaban J connectivity index is 2.21. The second-order valence-corrected chi connectivity index (χ2v) is 19.6. The van der Waals surface area contributed by atoms with Crippen molar-refractivity contribution in [2.24, 2.45) is 4.99 Å². The first-order valence-electron chi connectivity index (χ1n) is 9.84. The molecule has 0 aromatic heterocycles. The van der Waals surface area contributed by atoms with Crippen molar-refractivity contribution in [3.05, 3.63) is 45.8 Å². The van der Waals surface area contributed by atoms with Gasteiger partial charge in [-0.25, -0.2) is 4.99 Å². The topological polar surface area (TPSA) is 21.6 Å². The maximum Gasteiger partial charge on any atom is 0.119 e. The maximum atomic E-state index is 5.31. The Morgan fingerprint density at radius 2 is 1.23 bits per heavy atom. The summed E-state index contributed by atoms with van der Waals surface area (Å²) in [5.74, 6) is 0.890. The van der Waals surface area contributed by atoms with Crippen molar-refractivity contribution in [3.63, 3.8) is 0 Å². The normalized spacial score (nSPS) is 18.3. The Morgan fingerprint density at radius 3 is 1.62 bits per heavy atom. The molecule has 26 heavy (non-hydrogen) atoms. The number of hydrogen-bond donors (Lipinski definition) is 0. The molecule has 1 fully saturated rings. The molecule has 1 aromatic rings. The van der Waals surface area contributed by atoms with E-state index in [2.05, 4.69) is 51.4 Å². The fourth-order valence-corrected chi connectivity index (χ4v) is 8.65. The molecule has 2 nitrogen and oxygen atoms in total. The largest absolute Gasteiger partial charge is 0.497 e. The molecule has 1 saturated carbocycles. The molecule has 0 radical (unpaired) electrons. The van der Waals surface area contributed by atoms with Gasteiger partial charge >= 0.3 is 0 Å². The lowest BCUT2D eigenvalue weighted by molar-refractivity contribution is 0.415. The molecule has 140 valence electrons. The highest BCUT2D eigenvalue weighted by molar-refractivity contribution is 6.95. The lowest BCUT2D eigenvalue weighted by Crippen LogP contribution is -2.35. The predicted octanol–water partition coefficient (Wildman–Crippen LogP) is 6.70. The van der Waals surface area contributed by atoms with Crippen LogP contribution in [0.25, 0.3) is 0 Å². The highest BCUT2D eigenvalue weighted by atomic mass is 28.3. The summed E-state index contributed by atoms with van der Waals surface area (Å²) < 4.78 is 5.31. The van der Waals surface area contributed by atoms with Gasteiger partial charge in [0.25, 0.3) is 0 Å². The average molecular weight is 384 g/mol. The van der Waals surface area contributed by atoms with E-state index in [-0.39, 0.29) is 0 Å². The molecule has 2 aliphatic rings. The zero-order valence-electron chi connectivity index (χ0n) is 17.5. The van der Waals surface area contributed by atoms with E-state index < -0.39 is 16.1 Å². The molecule has 4 heteroatoms. The lowest BCUT2D eigenvalue weighted by atomic mass is 9.92. The van der Waals surface area contributed by atoms with Gasteiger partial charge in [-0.05, 0) is 71.5 Å². The van der Waals surface area contributed by atoms with Gasteiger partial charge in [0.1, 0.15) is 5.75 Å². The fourth-order valence-electron chi connectivity index (χ4n) is 4.38. The van der Waals surface area contributed by atoms with Crippen LogP contribution in [0, 0.1) is 0 Å². The number of rotatable bonds is 4. The number of methoxy groups -OCH3 is 1. The number of nitrogens with zero attached hydrogens (tertiary/aromatic N) is 1. The van der Waals surface area contributed by atoms with Crippen molar-refractivity contribution < 1.29 is 4.74 Å². The van der Waals surface area contributed by atoms with Crippen LogP contribution in [0.1, 0.15) is 25.7 Å². The van der Waals surface area contributed by atoms with Gasteiger partial charge in [0, 0.05) is 0 Å². The minimum absolute atomic E-state index is 0.890. The van der Waals surface area contributed by atoms with Crippen LogP contribution in [-0.2, 0) is 0 Å². The van der Waals surface area contributed by atoms with Crippen molar-refractivity contribution in [1.29, 1.82) is 0 Å². The smallest absolute Gasteiger partial charge is 0.119 e. The van der Waals surface area contributed by atoms with E-state index in [0.29, 0.717) is 0 Å². The summed E-state index contributed by atoms with van der Waals surface area (Å²) in [6.45, 7) is 14.9. The van der Waals surface area contributed by atoms with Gasteiger partial charge in [-0.2, -0.15) is 0 Å². The summed E-state index contributed by atoms with van der Waals surface area (Å²) in [4.78, 5) is 5.27. The third kappa shape index (κ3) is 3.67. The molecular formula is C22H33NOSi2. The number of allylic oxidation sites excluding steroid dienone is 4. The monoisotopic (exact) mass is 383 g/mol. The van der Waals surface area contributed by atoms with Gasteiger partial charge in [0.05, 0.1) is 34.7 Å². The van der Waals surface area contributed by atoms with Gasteiger partial charge in [-0.3, -0.25) is 0 Å². The first-order chi connectivity index (χ1) is 12.1. The third-order valence-corrected chi connectivity index (χ3v) is 9.44. The SMILES string of the molecule is COc1ccc(N=C2C([Si](C)(C)C)=C3CCCCC3=C2[Si](C)(C)C)cc1. The Kier molecular flexibility index (Phi) is 5.19. The molecular weight excluding hydrogens is 350 g/mol. The first-order valence-corrected chi connectivity index (χ1v) is 16.8. The molecule has 3 rings (SSSR count). The van der Waals surface area contributed by atoms with Crippen molar-refractivity contribution in [2.75, 3.05) is 7.11 Å². The molecule has 0 amide bonds. The van der Waals surface area contributed by atoms with Crippen LogP contribution in [0.5, 0.6) is 5.75 Å². The van der Waals surface area contributed by atoms with Crippen LogP contribution in [0.4, 0.5) is 5.69 Å². The number of benzene rings is 1. The minimum Gasteiger partial charge on any atom is -0.497 e. The highest BCUT2D eigenvalue weighted by Crippen LogP contribution is 2.46. The van der Waals surface area contributed by atoms with Crippen LogP contribution in [-0.4, -0.2) is 29.0 Å². The fraction of sp³-hybridized carbons (Fsp3) is 0.500. The van der Waals surface area contributed by atoms with Crippen LogP contribution in [0.2, 0.25) is 39.3 Å². The highest BCUT2D eigenvalue weighted by Gasteiger charge is 2.41. The standard InChI is InChI=1S/C22H33NOSi2/c1-24-17-14-12-16(13-15-17)23-20-21(25(2,3)4)18-10-8-9-11-19(18)22(20)26(5,6)7/h12-15H,8-11H2,1-7H3. The summed E-state index contributed by atoms with van der Waals surface area (Å²) in [6.07, 6.45) is 5.18. The molecule has 0 saturated heterocycles. The zero-order chi connectivity index (χ0) is 19.1. The zero-order valence-corrected chi connectivity index (χ0v) is 19.5. The van der Waals surface area contributed by atoms with E-state index in [4.69, 9.17) is 9.73 Å². The molecule has 0 N–H and O–H groups in total. The van der Waals surface area contributed by atoms with Crippen LogP contribution in [0.15, 0.2) is 50.8 Å². The van der Waals surface area contributed by atoms with Gasteiger partial charge in [-0.15, -0.1) is 0 Å². The molecule has 2 aliphatic carbocycles. The number of fused-ring (bicyclic) bond motifs is 1. The van der Waals surface area contributed by atoms with Crippen molar-refractivity contribution in [3.8, 4) is 5.75 Å². The quantitative estimate of drug-likeness (QED) is 0.530. The third-order valence-electron chi connectivity index (χ3n) is 5.36. The van der Waals surface area contributed by atoms with E-state index in [1.54, 1.807) is 28.6 Å². The van der Waals surface area contributed by atoms with Gasteiger partial charge in [-0.1, -0.05) is 39.3 Å². The van der Waals surface area contributed by atoms with Gasteiger partial charge in [0.15, 0.2) is 0 Å². The first kappa shape index (κ1) is 19.4. The van der Waals surface area contributed by atoms with Crippen molar-refractivity contribution in [1.82, 2.24) is 0 Å². The second-order valence-electron chi connectivity index (χ2n) is 9.57. The Hall–Kier alpha value is -1.40. The summed E-state index contributed by atoms with van der Waals surface area (Å²) in [5.41, 5.74) is 5.76. The Morgan fingerprint density at radius 1 is 0.769 bits per heavy atom. The number of hydrogen-bond acceptors (Lipinski definition) is 2. The summed E-state index contributed by atoms with van der Waals surface area (Å²) in [6, 6.07) is 8.22. The molecule has 0 atom stereocenters. The van der Waals surface area contributed by atoms with E-state index in [0.717, 1.165) is 11.4 Å². The van der Waals surface area contributed by atoms with E-state index in [1.807, 2.05) is 12.1 Å². The van der Waals surface area contributed by atoms with Crippen molar-refractivity contribution >= 4 is 27.5 Å². The van der Waals surface area contributed by atoms with Crippen LogP contribution >= 0.6 is 0 Å². The molecule has 0 spiro atoms. The van der Waals surface area contributed by atoms with Gasteiger partial charge < -0.3 is 4.74 Å². The number of aliphatic imine (C=N–C) groups is 1. The van der Waals surface area contributed by atoms with E-state index in [9.17, 15) is 0 Å².